The van der Waals surface area contributed by atoms with Crippen molar-refractivity contribution in [1.82, 2.24) is 24.7 Å². The van der Waals surface area contributed by atoms with E-state index in [0.29, 0.717) is 29.4 Å². The number of rotatable bonds is 4. The molecule has 0 atom stereocenters. The largest absolute Gasteiger partial charge is 0.350 e. The van der Waals surface area contributed by atoms with Gasteiger partial charge in [0.2, 0.25) is 0 Å². The van der Waals surface area contributed by atoms with E-state index in [1.807, 2.05) is 49.5 Å². The van der Waals surface area contributed by atoms with Crippen molar-refractivity contribution >= 4 is 34.2 Å². The van der Waals surface area contributed by atoms with Crippen molar-refractivity contribution < 1.29 is 4.79 Å². The fourth-order valence-corrected chi connectivity index (χ4v) is 3.09. The first-order valence-corrected chi connectivity index (χ1v) is 8.35. The lowest BCUT2D eigenvalue weighted by Crippen LogP contribution is -2.27. The minimum absolute atomic E-state index is 0.143. The van der Waals surface area contributed by atoms with Crippen molar-refractivity contribution in [1.29, 1.82) is 0 Å². The van der Waals surface area contributed by atoms with Gasteiger partial charge in [-0.05, 0) is 37.3 Å². The zero-order chi connectivity index (χ0) is 17.4. The lowest BCUT2D eigenvalue weighted by molar-refractivity contribution is 0.0947. The van der Waals surface area contributed by atoms with Gasteiger partial charge in [-0.1, -0.05) is 17.7 Å². The Hall–Kier alpha value is -2.86. The van der Waals surface area contributed by atoms with Crippen LogP contribution in [-0.4, -0.2) is 31.8 Å². The van der Waals surface area contributed by atoms with Crippen molar-refractivity contribution in [2.45, 2.75) is 13.3 Å². The van der Waals surface area contributed by atoms with Crippen LogP contribution < -0.4 is 5.32 Å². The quantitative estimate of drug-likeness (QED) is 0.592. The van der Waals surface area contributed by atoms with E-state index in [0.717, 1.165) is 22.5 Å². The van der Waals surface area contributed by atoms with Crippen molar-refractivity contribution in [2.24, 2.45) is 0 Å². The Bertz CT molecular complexity index is 1080. The van der Waals surface area contributed by atoms with Crippen molar-refractivity contribution in [2.75, 3.05) is 6.54 Å². The average molecular weight is 354 g/mol. The van der Waals surface area contributed by atoms with Gasteiger partial charge in [-0.25, -0.2) is 9.97 Å². The lowest BCUT2D eigenvalue weighted by Gasteiger charge is -2.05. The van der Waals surface area contributed by atoms with Crippen LogP contribution in [0.3, 0.4) is 0 Å². The number of nitrogens with zero attached hydrogens (tertiary/aromatic N) is 3. The number of amides is 1. The summed E-state index contributed by atoms with van der Waals surface area (Å²) in [5.74, 6) is 0.669. The Balaban J connectivity index is 1.47. The van der Waals surface area contributed by atoms with Crippen molar-refractivity contribution in [3.05, 3.63) is 64.8 Å². The molecule has 3 heterocycles. The first-order valence-electron chi connectivity index (χ1n) is 7.98. The minimum Gasteiger partial charge on any atom is -0.350 e. The van der Waals surface area contributed by atoms with Crippen LogP contribution in [0.1, 0.15) is 22.0 Å². The maximum Gasteiger partial charge on any atom is 0.270 e. The number of aryl methyl sites for hydroxylation is 1. The molecule has 0 fully saturated rings. The average Bonchev–Trinajstić information content (AvgIpc) is 3.13. The standard InChI is InChI=1S/C18H16ClN5O/c1-11-17(24-9-3-2-4-16(24)21-11)18(25)20-8-7-15-22-13-6-5-12(19)10-14(13)23-15/h2-6,9-10H,7-8H2,1H3,(H,20,25)(H,22,23). The Morgan fingerprint density at radius 2 is 2.16 bits per heavy atom. The third kappa shape index (κ3) is 2.96. The zero-order valence-electron chi connectivity index (χ0n) is 13.6. The summed E-state index contributed by atoms with van der Waals surface area (Å²) in [7, 11) is 0. The van der Waals surface area contributed by atoms with Gasteiger partial charge in [0.05, 0.1) is 16.7 Å². The molecule has 0 radical (unpaired) electrons. The molecule has 0 aliphatic rings. The highest BCUT2D eigenvalue weighted by molar-refractivity contribution is 6.31. The first-order chi connectivity index (χ1) is 12.1. The third-order valence-corrected chi connectivity index (χ3v) is 4.29. The van der Waals surface area contributed by atoms with Gasteiger partial charge in [0.15, 0.2) is 0 Å². The van der Waals surface area contributed by atoms with Crippen LogP contribution in [0.2, 0.25) is 5.02 Å². The van der Waals surface area contributed by atoms with Gasteiger partial charge in [-0.2, -0.15) is 0 Å². The maximum atomic E-state index is 12.5. The Labute approximate surface area is 148 Å². The molecule has 126 valence electrons. The molecule has 0 saturated heterocycles. The van der Waals surface area contributed by atoms with Crippen molar-refractivity contribution in [3.63, 3.8) is 0 Å². The van der Waals surface area contributed by atoms with E-state index < -0.39 is 0 Å². The summed E-state index contributed by atoms with van der Waals surface area (Å²) in [5.41, 5.74) is 3.79. The lowest BCUT2D eigenvalue weighted by atomic mass is 10.3. The second-order valence-electron chi connectivity index (χ2n) is 5.83. The molecular weight excluding hydrogens is 338 g/mol. The van der Waals surface area contributed by atoms with E-state index in [9.17, 15) is 4.79 Å². The van der Waals surface area contributed by atoms with Gasteiger partial charge >= 0.3 is 0 Å². The van der Waals surface area contributed by atoms with Gasteiger partial charge in [-0.15, -0.1) is 0 Å². The number of carbonyl (C=O) groups excluding carboxylic acids is 1. The smallest absolute Gasteiger partial charge is 0.270 e. The summed E-state index contributed by atoms with van der Waals surface area (Å²) in [6.07, 6.45) is 2.45. The third-order valence-electron chi connectivity index (χ3n) is 4.06. The first kappa shape index (κ1) is 15.7. The van der Waals surface area contributed by atoms with Crippen molar-refractivity contribution in [3.8, 4) is 0 Å². The normalized spacial score (nSPS) is 11.3. The van der Waals surface area contributed by atoms with E-state index in [1.165, 1.54) is 0 Å². The van der Waals surface area contributed by atoms with Crippen LogP contribution in [-0.2, 0) is 6.42 Å². The van der Waals surface area contributed by atoms with Crippen LogP contribution in [0.25, 0.3) is 16.7 Å². The summed E-state index contributed by atoms with van der Waals surface area (Å²) >= 11 is 5.98. The summed E-state index contributed by atoms with van der Waals surface area (Å²) in [6, 6.07) is 11.2. The summed E-state index contributed by atoms with van der Waals surface area (Å²) in [5, 5.41) is 3.60. The number of halogens is 1. The molecule has 0 saturated carbocycles. The number of pyridine rings is 1. The number of benzene rings is 1. The fourth-order valence-electron chi connectivity index (χ4n) is 2.92. The molecule has 4 rings (SSSR count). The van der Waals surface area contributed by atoms with E-state index in [2.05, 4.69) is 20.3 Å². The van der Waals surface area contributed by atoms with E-state index >= 15 is 0 Å². The maximum absolute atomic E-state index is 12.5. The molecule has 0 aliphatic carbocycles. The molecule has 3 aromatic heterocycles. The molecule has 0 bridgehead atoms. The molecule has 1 amide bonds. The summed E-state index contributed by atoms with van der Waals surface area (Å²) < 4.78 is 1.80. The summed E-state index contributed by atoms with van der Waals surface area (Å²) in [4.78, 5) is 24.7. The second kappa shape index (κ2) is 6.22. The van der Waals surface area contributed by atoms with Crippen LogP contribution in [0.15, 0.2) is 42.6 Å². The number of hydrogen-bond donors (Lipinski definition) is 2. The number of fused-ring (bicyclic) bond motifs is 2. The van der Waals surface area contributed by atoms with Crippen LogP contribution in [0, 0.1) is 6.92 Å². The van der Waals surface area contributed by atoms with E-state index in [1.54, 1.807) is 4.40 Å². The number of nitrogens with one attached hydrogen (secondary N) is 2. The molecule has 25 heavy (non-hydrogen) atoms. The second-order valence-corrected chi connectivity index (χ2v) is 6.26. The molecule has 0 unspecified atom stereocenters. The fraction of sp³-hybridized carbons (Fsp3) is 0.167. The monoisotopic (exact) mass is 353 g/mol. The van der Waals surface area contributed by atoms with Gasteiger partial charge in [-0.3, -0.25) is 9.20 Å². The molecule has 0 aliphatic heterocycles. The van der Waals surface area contributed by atoms with Crippen LogP contribution in [0.5, 0.6) is 0 Å². The van der Waals surface area contributed by atoms with Gasteiger partial charge in [0.1, 0.15) is 17.2 Å². The number of aromatic amines is 1. The number of H-pyrrole nitrogens is 1. The SMILES string of the molecule is Cc1nc2ccccn2c1C(=O)NCCc1nc2ccc(Cl)cc2[nH]1. The Morgan fingerprint density at radius 1 is 1.28 bits per heavy atom. The molecule has 2 N–H and O–H groups in total. The Morgan fingerprint density at radius 3 is 3.04 bits per heavy atom. The highest BCUT2D eigenvalue weighted by atomic mass is 35.5. The number of hydrogen-bond acceptors (Lipinski definition) is 3. The molecule has 6 nitrogen and oxygen atoms in total. The van der Waals surface area contributed by atoms with E-state index in [-0.39, 0.29) is 5.91 Å². The number of aromatic nitrogens is 4. The number of carbonyl (C=O) groups is 1. The minimum atomic E-state index is -0.143. The topological polar surface area (TPSA) is 75.1 Å². The highest BCUT2D eigenvalue weighted by Crippen LogP contribution is 2.17. The molecule has 7 heteroatoms. The highest BCUT2D eigenvalue weighted by Gasteiger charge is 2.15. The molecule has 4 aromatic rings. The Kier molecular flexibility index (Phi) is 3.89. The number of imidazole rings is 2. The molecule has 1 aromatic carbocycles. The summed E-state index contributed by atoms with van der Waals surface area (Å²) in [6.45, 7) is 2.32. The van der Waals surface area contributed by atoms with Gasteiger partial charge < -0.3 is 10.3 Å². The predicted molar refractivity (Wildman–Crippen MR) is 97.1 cm³/mol. The van der Waals surface area contributed by atoms with Gasteiger partial charge in [0, 0.05) is 24.2 Å². The van der Waals surface area contributed by atoms with Crippen LogP contribution in [0.4, 0.5) is 0 Å². The van der Waals surface area contributed by atoms with Gasteiger partial charge in [0.25, 0.3) is 5.91 Å². The predicted octanol–water partition coefficient (Wildman–Crippen LogP) is 3.14. The van der Waals surface area contributed by atoms with Crippen LogP contribution >= 0.6 is 11.6 Å². The van der Waals surface area contributed by atoms with E-state index in [4.69, 9.17) is 11.6 Å². The molecular formula is C18H16ClN5O. The zero-order valence-corrected chi connectivity index (χ0v) is 14.3. The molecule has 0 spiro atoms.